The largest absolute Gasteiger partial charge is 0.457 e. The molecule has 14 heteroatoms. The summed E-state index contributed by atoms with van der Waals surface area (Å²) in [5, 5.41) is 71.7. The minimum atomic E-state index is -1.70. The Morgan fingerprint density at radius 1 is 0.516 bits per heavy atom. The zero-order valence-corrected chi connectivity index (χ0v) is 39.8. The Kier molecular flexibility index (Phi) is 35.2. The summed E-state index contributed by atoms with van der Waals surface area (Å²) >= 11 is 0. The van der Waals surface area contributed by atoms with Crippen LogP contribution in [0, 0.1) is 0 Å². The predicted molar refractivity (Wildman–Crippen MR) is 247 cm³/mol. The number of esters is 1. The number of allylic oxidation sites excluding steroid dienone is 4. The smallest absolute Gasteiger partial charge is 0.306 e. The summed E-state index contributed by atoms with van der Waals surface area (Å²) in [6.07, 6.45) is 24.8. The van der Waals surface area contributed by atoms with E-state index in [0.29, 0.717) is 13.0 Å². The van der Waals surface area contributed by atoms with Gasteiger partial charge < -0.3 is 64.2 Å². The number of hydrogen-bond acceptors (Lipinski definition) is 14. The van der Waals surface area contributed by atoms with Gasteiger partial charge in [-0.15, -0.1) is 0 Å². The van der Waals surface area contributed by atoms with E-state index in [1.165, 1.54) is 116 Å². The minimum absolute atomic E-state index is 0.0626. The molecule has 7 N–H and O–H groups in total. The molecule has 2 heterocycles. The van der Waals surface area contributed by atoms with Gasteiger partial charge in [-0.25, -0.2) is 0 Å². The minimum Gasteiger partial charge on any atom is -0.457 e. The lowest BCUT2D eigenvalue weighted by Crippen LogP contribution is -2.61. The highest BCUT2D eigenvalue weighted by Crippen LogP contribution is 2.26. The molecule has 11 unspecified atom stereocenters. The van der Waals surface area contributed by atoms with Crippen LogP contribution in [0.25, 0.3) is 0 Å². The molecule has 0 aliphatic carbocycles. The van der Waals surface area contributed by atoms with Crippen molar-refractivity contribution in [3.63, 3.8) is 0 Å². The third-order valence-electron chi connectivity index (χ3n) is 12.2. The van der Waals surface area contributed by atoms with Crippen molar-refractivity contribution in [1.29, 1.82) is 0 Å². The van der Waals surface area contributed by atoms with Crippen LogP contribution in [0.3, 0.4) is 0 Å². The first-order valence-corrected chi connectivity index (χ1v) is 25.4. The van der Waals surface area contributed by atoms with Gasteiger partial charge >= 0.3 is 5.97 Å². The third kappa shape index (κ3) is 26.1. The molecule has 2 aliphatic rings. The van der Waals surface area contributed by atoms with E-state index in [4.69, 9.17) is 28.4 Å². The lowest BCUT2D eigenvalue weighted by atomic mass is 9.98. The van der Waals surface area contributed by atoms with Crippen LogP contribution in [0.2, 0.25) is 0 Å². The summed E-state index contributed by atoms with van der Waals surface area (Å²) in [4.78, 5) is 12.7. The van der Waals surface area contributed by atoms with Crippen LogP contribution in [0.5, 0.6) is 0 Å². The van der Waals surface area contributed by atoms with Crippen LogP contribution >= 0.6 is 0 Å². The molecule has 0 radical (unpaired) electrons. The van der Waals surface area contributed by atoms with Gasteiger partial charge in [0.1, 0.15) is 54.9 Å². The maximum Gasteiger partial charge on any atom is 0.306 e. The van der Waals surface area contributed by atoms with Crippen molar-refractivity contribution in [3.8, 4) is 0 Å². The van der Waals surface area contributed by atoms with E-state index in [2.05, 4.69) is 38.2 Å². The SMILES string of the molecule is CCCCCCC/C=C\C/C=C\CCCCCCCCCCCCCCCCOCC(COC1OC(COC2OC(CO)C(O)C(O)C2O)C(O)C(O)C1O)OC(=O)CCCCCC. The first-order valence-electron chi connectivity index (χ1n) is 25.4. The van der Waals surface area contributed by atoms with E-state index in [9.17, 15) is 40.5 Å². The molecule has 0 bridgehead atoms. The van der Waals surface area contributed by atoms with Crippen LogP contribution in [-0.2, 0) is 33.2 Å². The highest BCUT2D eigenvalue weighted by Gasteiger charge is 2.47. The molecule has 0 aromatic carbocycles. The zero-order chi connectivity index (χ0) is 46.6. The van der Waals surface area contributed by atoms with Crippen molar-refractivity contribution in [1.82, 2.24) is 0 Å². The number of unbranched alkanes of at least 4 members (excludes halogenated alkanes) is 22. The second-order valence-corrected chi connectivity index (χ2v) is 18.0. The van der Waals surface area contributed by atoms with Crippen molar-refractivity contribution < 1.29 is 69.0 Å². The zero-order valence-electron chi connectivity index (χ0n) is 39.8. The summed E-state index contributed by atoms with van der Waals surface area (Å²) in [6.45, 7) is 3.55. The second kappa shape index (κ2) is 38.4. The first kappa shape index (κ1) is 58.6. The molecule has 0 amide bonds. The fourth-order valence-corrected chi connectivity index (χ4v) is 8.02. The van der Waals surface area contributed by atoms with Crippen LogP contribution in [0.4, 0.5) is 0 Å². The Morgan fingerprint density at radius 2 is 0.969 bits per heavy atom. The van der Waals surface area contributed by atoms with Gasteiger partial charge in [-0.2, -0.15) is 0 Å². The van der Waals surface area contributed by atoms with Gasteiger partial charge in [-0.1, -0.05) is 160 Å². The number of aliphatic hydroxyl groups is 7. The van der Waals surface area contributed by atoms with Crippen molar-refractivity contribution in [2.24, 2.45) is 0 Å². The molecule has 64 heavy (non-hydrogen) atoms. The summed E-state index contributed by atoms with van der Waals surface area (Å²) in [6, 6.07) is 0. The lowest BCUT2D eigenvalue weighted by molar-refractivity contribution is -0.332. The van der Waals surface area contributed by atoms with E-state index < -0.39 is 86.7 Å². The number of carbonyl (C=O) groups excluding carboxylic acids is 1. The molecule has 376 valence electrons. The molecular weight excluding hydrogens is 825 g/mol. The average molecular weight is 917 g/mol. The maximum absolute atomic E-state index is 12.7. The van der Waals surface area contributed by atoms with Gasteiger partial charge in [0.05, 0.1) is 26.4 Å². The number of rotatable bonds is 40. The Bertz CT molecular complexity index is 1160. The number of ether oxygens (including phenoxy) is 6. The van der Waals surface area contributed by atoms with E-state index >= 15 is 0 Å². The van der Waals surface area contributed by atoms with Crippen LogP contribution in [0.15, 0.2) is 24.3 Å². The Labute approximate surface area is 386 Å². The topological polar surface area (TPSA) is 214 Å². The Balaban J connectivity index is 1.58. The van der Waals surface area contributed by atoms with Crippen LogP contribution < -0.4 is 0 Å². The number of hydrogen-bond donors (Lipinski definition) is 7. The number of aliphatic hydroxyl groups excluding tert-OH is 7. The molecule has 0 aromatic heterocycles. The van der Waals surface area contributed by atoms with Crippen molar-refractivity contribution >= 4 is 5.97 Å². The van der Waals surface area contributed by atoms with E-state index in [1.54, 1.807) is 0 Å². The Hall–Kier alpha value is -1.53. The highest BCUT2D eigenvalue weighted by atomic mass is 16.7. The molecular formula is C50H92O14. The van der Waals surface area contributed by atoms with Crippen LogP contribution in [-0.4, -0.2) is 142 Å². The molecule has 0 aromatic rings. The van der Waals surface area contributed by atoms with E-state index in [0.717, 1.165) is 44.9 Å². The monoisotopic (exact) mass is 917 g/mol. The van der Waals surface area contributed by atoms with Crippen LogP contribution in [0.1, 0.15) is 187 Å². The molecule has 0 spiro atoms. The fourth-order valence-electron chi connectivity index (χ4n) is 8.02. The predicted octanol–water partition coefficient (Wildman–Crippen LogP) is 7.24. The summed E-state index contributed by atoms with van der Waals surface area (Å²) in [7, 11) is 0. The Morgan fingerprint density at radius 3 is 1.50 bits per heavy atom. The molecule has 14 nitrogen and oxygen atoms in total. The average Bonchev–Trinajstić information content (AvgIpc) is 3.29. The molecule has 2 fully saturated rings. The van der Waals surface area contributed by atoms with E-state index in [-0.39, 0.29) is 19.6 Å². The maximum atomic E-state index is 12.7. The number of carbonyl (C=O) groups is 1. The molecule has 2 rings (SSSR count). The van der Waals surface area contributed by atoms with Gasteiger partial charge in [0.25, 0.3) is 0 Å². The van der Waals surface area contributed by atoms with Gasteiger partial charge in [0, 0.05) is 13.0 Å². The van der Waals surface area contributed by atoms with Gasteiger partial charge in [0.15, 0.2) is 12.6 Å². The summed E-state index contributed by atoms with van der Waals surface area (Å²) < 4.78 is 34.0. The summed E-state index contributed by atoms with van der Waals surface area (Å²) in [5.41, 5.74) is 0. The van der Waals surface area contributed by atoms with Gasteiger partial charge in [0.2, 0.25) is 0 Å². The van der Waals surface area contributed by atoms with Gasteiger partial charge in [-0.05, 0) is 44.9 Å². The van der Waals surface area contributed by atoms with E-state index in [1.807, 2.05) is 0 Å². The van der Waals surface area contributed by atoms with Gasteiger partial charge in [-0.3, -0.25) is 4.79 Å². The quantitative estimate of drug-likeness (QED) is 0.0184. The van der Waals surface area contributed by atoms with Crippen molar-refractivity contribution in [2.75, 3.05) is 33.0 Å². The third-order valence-corrected chi connectivity index (χ3v) is 12.2. The normalized spacial score (nSPS) is 26.9. The molecule has 0 saturated carbocycles. The lowest BCUT2D eigenvalue weighted by Gasteiger charge is -2.42. The highest BCUT2D eigenvalue weighted by molar-refractivity contribution is 5.69. The first-order chi connectivity index (χ1) is 31.1. The standard InChI is InChI=1S/C50H92O14/c1-3-5-7-9-10-11-12-13-14-15-16-17-18-19-20-21-22-23-24-25-26-27-28-29-30-32-34-59-36-39(62-42(52)33-31-8-6-4-2)37-60-49-48(58)46(56)44(54)41(64-49)38-61-50-47(57)45(55)43(53)40(35-51)63-50/h12-13,15-16,39-41,43-51,53-58H,3-11,14,17-38H2,1-2H3/b13-12-,16-15-. The molecule has 11 atom stereocenters. The second-order valence-electron chi connectivity index (χ2n) is 18.0. The summed E-state index contributed by atoms with van der Waals surface area (Å²) in [5.74, 6) is -0.393. The molecule has 2 aliphatic heterocycles. The molecule has 2 saturated heterocycles. The fraction of sp³-hybridized carbons (Fsp3) is 0.900. The van der Waals surface area contributed by atoms with Crippen molar-refractivity contribution in [3.05, 3.63) is 24.3 Å². The van der Waals surface area contributed by atoms with Crippen molar-refractivity contribution in [2.45, 2.75) is 255 Å².